The predicted octanol–water partition coefficient (Wildman–Crippen LogP) is 4.04. The maximum atomic E-state index is 13.3. The third-order valence-corrected chi connectivity index (χ3v) is 4.89. The number of ether oxygens (including phenoxy) is 3. The summed E-state index contributed by atoms with van der Waals surface area (Å²) in [4.78, 5) is 24.2. The van der Waals surface area contributed by atoms with Gasteiger partial charge in [-0.3, -0.25) is 9.59 Å². The van der Waals surface area contributed by atoms with Crippen LogP contribution in [-0.2, 0) is 11.2 Å². The molecule has 0 bridgehead atoms. The van der Waals surface area contributed by atoms with Crippen molar-refractivity contribution < 1.29 is 28.5 Å². The van der Waals surface area contributed by atoms with E-state index in [1.807, 2.05) is 13.0 Å². The van der Waals surface area contributed by atoms with E-state index in [0.29, 0.717) is 64.7 Å². The van der Waals surface area contributed by atoms with Crippen LogP contribution in [0.4, 0.5) is 0 Å². The van der Waals surface area contributed by atoms with Crippen molar-refractivity contribution in [2.75, 3.05) is 13.2 Å². The molecule has 30 heavy (non-hydrogen) atoms. The van der Waals surface area contributed by atoms with Crippen LogP contribution < -0.4 is 19.6 Å². The normalized spacial score (nSPS) is 13.8. The van der Waals surface area contributed by atoms with E-state index in [0.717, 1.165) is 0 Å². The summed E-state index contributed by atoms with van der Waals surface area (Å²) in [5.41, 5.74) is 1.46. The van der Waals surface area contributed by atoms with Gasteiger partial charge in [0.05, 0.1) is 17.4 Å². The van der Waals surface area contributed by atoms with Crippen molar-refractivity contribution in [3.05, 3.63) is 52.4 Å². The standard InChI is InChI=1S/C23H22O7/c1-3-17-22(14-4-7-18-20(11-14)28-9-8-27-18)23(26)16-6-5-15(12-19(16)30-17)29-13(2)10-21(24)25/h4-7,11-13H,3,8-10H2,1-2H3,(H,24,25). The number of carbonyl (C=O) groups is 1. The van der Waals surface area contributed by atoms with Gasteiger partial charge < -0.3 is 23.7 Å². The quantitative estimate of drug-likeness (QED) is 0.655. The monoisotopic (exact) mass is 410 g/mol. The third-order valence-electron chi connectivity index (χ3n) is 4.89. The lowest BCUT2D eigenvalue weighted by Gasteiger charge is -2.19. The van der Waals surface area contributed by atoms with Gasteiger partial charge in [0.2, 0.25) is 5.43 Å². The molecule has 1 atom stereocenters. The summed E-state index contributed by atoms with van der Waals surface area (Å²) in [5, 5.41) is 9.32. The number of rotatable bonds is 6. The highest BCUT2D eigenvalue weighted by Crippen LogP contribution is 2.35. The van der Waals surface area contributed by atoms with Crippen molar-refractivity contribution in [1.82, 2.24) is 0 Å². The van der Waals surface area contributed by atoms with E-state index in [2.05, 4.69) is 0 Å². The lowest BCUT2D eigenvalue weighted by Crippen LogP contribution is -2.17. The number of benzene rings is 2. The molecule has 0 saturated heterocycles. The number of aliphatic carboxylic acids is 1. The molecule has 7 heteroatoms. The molecule has 0 fully saturated rings. The minimum atomic E-state index is -0.938. The Labute approximate surface area is 172 Å². The molecule has 1 aliphatic rings. The van der Waals surface area contributed by atoms with E-state index < -0.39 is 12.1 Å². The van der Waals surface area contributed by atoms with E-state index in [-0.39, 0.29) is 11.8 Å². The zero-order chi connectivity index (χ0) is 21.3. The van der Waals surface area contributed by atoms with Gasteiger partial charge >= 0.3 is 5.97 Å². The molecule has 7 nitrogen and oxygen atoms in total. The first-order valence-corrected chi connectivity index (χ1v) is 9.84. The molecular formula is C23H22O7. The summed E-state index contributed by atoms with van der Waals surface area (Å²) in [6.07, 6.45) is -0.102. The number of hydrogen-bond acceptors (Lipinski definition) is 6. The number of hydrogen-bond donors (Lipinski definition) is 1. The molecule has 0 radical (unpaired) electrons. The molecular weight excluding hydrogens is 388 g/mol. The van der Waals surface area contributed by atoms with E-state index in [1.54, 1.807) is 37.3 Å². The zero-order valence-corrected chi connectivity index (χ0v) is 16.8. The maximum absolute atomic E-state index is 13.3. The molecule has 4 rings (SSSR count). The summed E-state index contributed by atoms with van der Waals surface area (Å²) in [6, 6.07) is 10.4. The predicted molar refractivity (Wildman–Crippen MR) is 111 cm³/mol. The summed E-state index contributed by atoms with van der Waals surface area (Å²) in [7, 11) is 0. The van der Waals surface area contributed by atoms with Crippen LogP contribution in [0.2, 0.25) is 0 Å². The van der Waals surface area contributed by atoms with Gasteiger partial charge in [-0.05, 0) is 36.8 Å². The van der Waals surface area contributed by atoms with Crippen LogP contribution in [0.15, 0.2) is 45.6 Å². The SMILES string of the molecule is CCc1oc2cc(OC(C)CC(=O)O)ccc2c(=O)c1-c1ccc2c(c1)OCCO2. The zero-order valence-electron chi connectivity index (χ0n) is 16.8. The van der Waals surface area contributed by atoms with Crippen LogP contribution >= 0.6 is 0 Å². The Hall–Kier alpha value is -3.48. The first-order valence-electron chi connectivity index (χ1n) is 9.84. The summed E-state index contributed by atoms with van der Waals surface area (Å²) in [6.45, 7) is 4.56. The Morgan fingerprint density at radius 3 is 2.63 bits per heavy atom. The smallest absolute Gasteiger partial charge is 0.307 e. The van der Waals surface area contributed by atoms with Crippen LogP contribution in [0, 0.1) is 0 Å². The third kappa shape index (κ3) is 3.83. The second-order valence-corrected chi connectivity index (χ2v) is 7.13. The molecule has 156 valence electrons. The van der Waals surface area contributed by atoms with Gasteiger partial charge in [-0.25, -0.2) is 0 Å². The minimum Gasteiger partial charge on any atom is -0.490 e. The van der Waals surface area contributed by atoms with Crippen LogP contribution in [0.3, 0.4) is 0 Å². The van der Waals surface area contributed by atoms with E-state index >= 15 is 0 Å². The topological polar surface area (TPSA) is 95.2 Å². The van der Waals surface area contributed by atoms with Gasteiger partial charge in [-0.2, -0.15) is 0 Å². The molecule has 1 unspecified atom stereocenters. The highest BCUT2D eigenvalue weighted by Gasteiger charge is 2.19. The first kappa shape index (κ1) is 19.8. The van der Waals surface area contributed by atoms with Crippen molar-refractivity contribution in [1.29, 1.82) is 0 Å². The number of carboxylic acid groups (broad SMARTS) is 1. The van der Waals surface area contributed by atoms with Gasteiger partial charge in [0.15, 0.2) is 11.5 Å². The molecule has 0 spiro atoms. The maximum Gasteiger partial charge on any atom is 0.307 e. The van der Waals surface area contributed by atoms with Gasteiger partial charge in [-0.1, -0.05) is 13.0 Å². The molecule has 1 N–H and O–H groups in total. The highest BCUT2D eigenvalue weighted by molar-refractivity contribution is 5.84. The number of carboxylic acids is 1. The Bertz CT molecular complexity index is 1160. The molecule has 0 aliphatic carbocycles. The molecule has 0 saturated carbocycles. The number of aryl methyl sites for hydroxylation is 1. The Morgan fingerprint density at radius 1 is 1.13 bits per heavy atom. The van der Waals surface area contributed by atoms with Crippen LogP contribution in [-0.4, -0.2) is 30.4 Å². The fourth-order valence-corrected chi connectivity index (χ4v) is 3.55. The van der Waals surface area contributed by atoms with Crippen LogP contribution in [0.5, 0.6) is 17.2 Å². The summed E-state index contributed by atoms with van der Waals surface area (Å²) < 4.78 is 22.9. The van der Waals surface area contributed by atoms with Crippen LogP contribution in [0.25, 0.3) is 22.1 Å². The van der Waals surface area contributed by atoms with Crippen molar-refractivity contribution in [3.63, 3.8) is 0 Å². The molecule has 3 aromatic rings. The van der Waals surface area contributed by atoms with Crippen molar-refractivity contribution in [2.45, 2.75) is 32.8 Å². The Balaban J connectivity index is 1.76. The largest absolute Gasteiger partial charge is 0.490 e. The lowest BCUT2D eigenvalue weighted by atomic mass is 10.0. The average molecular weight is 410 g/mol. The Kier molecular flexibility index (Phi) is 5.35. The van der Waals surface area contributed by atoms with Crippen molar-refractivity contribution >= 4 is 16.9 Å². The van der Waals surface area contributed by atoms with Gasteiger partial charge in [0.25, 0.3) is 0 Å². The minimum absolute atomic E-state index is 0.120. The van der Waals surface area contributed by atoms with Gasteiger partial charge in [0.1, 0.15) is 36.4 Å². The van der Waals surface area contributed by atoms with Gasteiger partial charge in [-0.15, -0.1) is 0 Å². The van der Waals surface area contributed by atoms with E-state index in [9.17, 15) is 9.59 Å². The van der Waals surface area contributed by atoms with Crippen LogP contribution in [0.1, 0.15) is 26.0 Å². The van der Waals surface area contributed by atoms with Crippen molar-refractivity contribution in [3.8, 4) is 28.4 Å². The second kappa shape index (κ2) is 8.10. The summed E-state index contributed by atoms with van der Waals surface area (Å²) in [5.74, 6) is 1.34. The molecule has 0 amide bonds. The fraction of sp³-hybridized carbons (Fsp3) is 0.304. The fourth-order valence-electron chi connectivity index (χ4n) is 3.55. The van der Waals surface area contributed by atoms with E-state index in [1.165, 1.54) is 0 Å². The molecule has 2 aromatic carbocycles. The van der Waals surface area contributed by atoms with E-state index in [4.69, 9.17) is 23.7 Å². The highest BCUT2D eigenvalue weighted by atomic mass is 16.6. The van der Waals surface area contributed by atoms with Crippen molar-refractivity contribution in [2.24, 2.45) is 0 Å². The first-order chi connectivity index (χ1) is 14.5. The molecule has 2 heterocycles. The lowest BCUT2D eigenvalue weighted by molar-refractivity contribution is -0.138. The number of fused-ring (bicyclic) bond motifs is 2. The second-order valence-electron chi connectivity index (χ2n) is 7.13. The summed E-state index contributed by atoms with van der Waals surface area (Å²) >= 11 is 0. The van der Waals surface area contributed by atoms with Gasteiger partial charge in [0, 0.05) is 12.5 Å². The molecule has 1 aliphatic heterocycles. The Morgan fingerprint density at radius 2 is 1.90 bits per heavy atom. The average Bonchev–Trinajstić information content (AvgIpc) is 2.72. The molecule has 1 aromatic heterocycles.